The highest BCUT2D eigenvalue weighted by Gasteiger charge is 2.46. The zero-order chi connectivity index (χ0) is 18.4. The molecule has 2 aromatic rings. The summed E-state index contributed by atoms with van der Waals surface area (Å²) in [4.78, 5) is 37.5. The normalized spacial score (nSPS) is 17.2. The van der Waals surface area contributed by atoms with Gasteiger partial charge in [0.15, 0.2) is 17.5 Å². The van der Waals surface area contributed by atoms with Gasteiger partial charge in [-0.3, -0.25) is 14.5 Å². The van der Waals surface area contributed by atoms with Crippen molar-refractivity contribution in [1.82, 2.24) is 4.90 Å². The summed E-state index contributed by atoms with van der Waals surface area (Å²) >= 11 is 0. The number of rotatable bonds is 4. The Morgan fingerprint density at radius 3 is 2.23 bits per heavy atom. The maximum absolute atomic E-state index is 12.6. The van der Waals surface area contributed by atoms with Crippen LogP contribution < -0.4 is 9.47 Å². The lowest BCUT2D eigenvalue weighted by Gasteiger charge is -2.27. The number of hydrogen-bond acceptors (Lipinski definition) is 6. The van der Waals surface area contributed by atoms with Gasteiger partial charge in [-0.15, -0.1) is 0 Å². The molecule has 0 bridgehead atoms. The molecule has 2 heterocycles. The second-order valence-corrected chi connectivity index (χ2v) is 5.87. The van der Waals surface area contributed by atoms with Gasteiger partial charge in [0.25, 0.3) is 11.8 Å². The summed E-state index contributed by atoms with van der Waals surface area (Å²) in [7, 11) is 0. The molecule has 0 spiro atoms. The van der Waals surface area contributed by atoms with E-state index < -0.39 is 29.9 Å². The Kier molecular flexibility index (Phi) is 3.62. The van der Waals surface area contributed by atoms with Gasteiger partial charge in [0.1, 0.15) is 6.10 Å². The zero-order valence-corrected chi connectivity index (χ0v) is 13.3. The number of aliphatic carboxylic acids is 1. The van der Waals surface area contributed by atoms with E-state index in [1.165, 1.54) is 30.3 Å². The van der Waals surface area contributed by atoms with Gasteiger partial charge in [0.2, 0.25) is 6.79 Å². The van der Waals surface area contributed by atoms with E-state index >= 15 is 0 Å². The fourth-order valence-electron chi connectivity index (χ4n) is 3.13. The fourth-order valence-corrected chi connectivity index (χ4v) is 3.13. The predicted octanol–water partition coefficient (Wildman–Crippen LogP) is 1.20. The molecule has 0 aliphatic carbocycles. The molecule has 8 nitrogen and oxygen atoms in total. The van der Waals surface area contributed by atoms with E-state index in [9.17, 15) is 24.6 Å². The molecule has 2 aliphatic rings. The third kappa shape index (κ3) is 2.31. The van der Waals surface area contributed by atoms with Gasteiger partial charge < -0.3 is 19.7 Å². The third-order valence-electron chi connectivity index (χ3n) is 4.39. The number of hydrogen-bond donors (Lipinski definition) is 2. The molecule has 8 heteroatoms. The fraction of sp³-hybridized carbons (Fsp3) is 0.167. The van der Waals surface area contributed by atoms with Crippen LogP contribution in [0.5, 0.6) is 11.5 Å². The van der Waals surface area contributed by atoms with E-state index in [4.69, 9.17) is 9.47 Å². The Morgan fingerprint density at radius 2 is 1.62 bits per heavy atom. The van der Waals surface area contributed by atoms with Crippen molar-refractivity contribution < 1.29 is 34.1 Å². The number of carbonyl (C=O) groups excluding carboxylic acids is 2. The average Bonchev–Trinajstić information content (AvgIpc) is 3.20. The van der Waals surface area contributed by atoms with E-state index in [1.807, 2.05) is 0 Å². The second-order valence-electron chi connectivity index (χ2n) is 5.87. The lowest BCUT2D eigenvalue weighted by atomic mass is 10.1. The SMILES string of the molecule is O=C1c2ccccc2C(=O)[15N]1[13C@H]([C@H](O)c1ccc2c(c1)OCO2)[13C](=O)O. The Labute approximate surface area is 147 Å². The molecular formula is C18H13NO7. The molecule has 2 amide bonds. The number of aliphatic hydroxyl groups is 1. The van der Waals surface area contributed by atoms with Crippen molar-refractivity contribution in [1.29, 1.82) is 0 Å². The molecule has 2 aliphatic heterocycles. The number of carboxylic acids is 1. The first-order valence-electron chi connectivity index (χ1n) is 7.76. The first kappa shape index (κ1) is 16.1. The van der Waals surface area contributed by atoms with Crippen LogP contribution in [-0.2, 0) is 4.79 Å². The van der Waals surface area contributed by atoms with Gasteiger partial charge in [-0.05, 0) is 29.8 Å². The Hall–Kier alpha value is -3.39. The second kappa shape index (κ2) is 5.85. The minimum Gasteiger partial charge on any atom is -0.480 e. The lowest BCUT2D eigenvalue weighted by molar-refractivity contribution is -0.145. The molecule has 0 aromatic heterocycles. The van der Waals surface area contributed by atoms with Gasteiger partial charge >= 0.3 is 5.97 Å². The minimum atomic E-state index is -1.78. The van der Waals surface area contributed by atoms with Crippen LogP contribution in [0.4, 0.5) is 0 Å². The highest BCUT2D eigenvalue weighted by atomic mass is 16.7. The zero-order valence-electron chi connectivity index (χ0n) is 13.3. The molecule has 26 heavy (non-hydrogen) atoms. The monoisotopic (exact) mass is 358 g/mol. The Bertz CT molecular complexity index is 904. The third-order valence-corrected chi connectivity index (χ3v) is 4.39. The van der Waals surface area contributed by atoms with Crippen LogP contribution in [0.3, 0.4) is 0 Å². The van der Waals surface area contributed by atoms with Crippen molar-refractivity contribution in [3.05, 3.63) is 59.2 Å². The molecule has 0 fully saturated rings. The number of imide groups is 1. The van der Waals surface area contributed by atoms with Crippen LogP contribution in [0.2, 0.25) is 0 Å². The molecular weight excluding hydrogens is 345 g/mol. The molecule has 0 radical (unpaired) electrons. The van der Waals surface area contributed by atoms with E-state index in [-0.39, 0.29) is 23.5 Å². The van der Waals surface area contributed by atoms with Gasteiger partial charge in [0, 0.05) is 0 Å². The summed E-state index contributed by atoms with van der Waals surface area (Å²) < 4.78 is 10.4. The summed E-state index contributed by atoms with van der Waals surface area (Å²) in [5.41, 5.74) is 0.418. The summed E-state index contributed by atoms with van der Waals surface area (Å²) in [5.74, 6) is -2.18. The van der Waals surface area contributed by atoms with Gasteiger partial charge in [0.05, 0.1) is 11.1 Å². The maximum Gasteiger partial charge on any atom is 0.330 e. The quantitative estimate of drug-likeness (QED) is 0.479. The molecule has 4 rings (SSSR count). The van der Waals surface area contributed by atoms with Gasteiger partial charge in [-0.2, -0.15) is 0 Å². The summed E-state index contributed by atoms with van der Waals surface area (Å²) in [6.07, 6.45) is -1.63. The van der Waals surface area contributed by atoms with Crippen molar-refractivity contribution in [3.8, 4) is 11.5 Å². The van der Waals surface area contributed by atoms with Gasteiger partial charge in [-0.1, -0.05) is 18.2 Å². The highest BCUT2D eigenvalue weighted by Crippen LogP contribution is 2.36. The number of carboxylic acid groups (broad SMARTS) is 1. The maximum atomic E-state index is 12.6. The molecule has 0 unspecified atom stereocenters. The minimum absolute atomic E-state index is 0.0235. The molecule has 0 saturated carbocycles. The van der Waals surface area contributed by atoms with Crippen molar-refractivity contribution in [2.75, 3.05) is 6.79 Å². The standard InChI is InChI=1S/C18H13NO7/c20-15(9-5-6-12-13(7-9)26-8-25-12)14(18(23)24)19-16(21)10-3-1-2-4-11(10)17(19)22/h1-7,14-15,20H,8H2,(H,23,24)/t14-,15-/m1/s1/i14+1,18+1,19+1. The summed E-state index contributed by atoms with van der Waals surface area (Å²) in [6, 6.07) is 8.70. The number of ether oxygens (including phenoxy) is 2. The first-order valence-corrected chi connectivity index (χ1v) is 7.76. The Morgan fingerprint density at radius 1 is 1.00 bits per heavy atom. The molecule has 2 atom stereocenters. The number of aliphatic hydroxyl groups excluding tert-OH is 1. The number of nitrogens with zero attached hydrogens (tertiary/aromatic N) is 1. The number of benzene rings is 2. The number of fused-ring (bicyclic) bond motifs is 2. The van der Waals surface area contributed by atoms with Crippen LogP contribution >= 0.6 is 0 Å². The largest absolute Gasteiger partial charge is 0.480 e. The van der Waals surface area contributed by atoms with E-state index in [2.05, 4.69) is 0 Å². The van der Waals surface area contributed by atoms with Crippen molar-refractivity contribution >= 4 is 17.8 Å². The summed E-state index contributed by atoms with van der Waals surface area (Å²) in [6.45, 7) is 0.0235. The van der Waals surface area contributed by atoms with Crippen LogP contribution in [0.25, 0.3) is 0 Å². The summed E-state index contributed by atoms with van der Waals surface area (Å²) in [5, 5.41) is 20.2. The molecule has 0 saturated heterocycles. The smallest absolute Gasteiger partial charge is 0.330 e. The topological polar surface area (TPSA) is 113 Å². The van der Waals surface area contributed by atoms with E-state index in [1.54, 1.807) is 12.1 Å². The van der Waals surface area contributed by atoms with Crippen LogP contribution in [-0.4, -0.2) is 45.7 Å². The predicted molar refractivity (Wildman–Crippen MR) is 85.9 cm³/mol. The Balaban J connectivity index is 1.72. The average molecular weight is 358 g/mol. The van der Waals surface area contributed by atoms with Crippen molar-refractivity contribution in [2.45, 2.75) is 12.1 Å². The van der Waals surface area contributed by atoms with Gasteiger partial charge in [-0.25, -0.2) is 4.79 Å². The van der Waals surface area contributed by atoms with Crippen LogP contribution in [0.1, 0.15) is 32.4 Å². The van der Waals surface area contributed by atoms with E-state index in [0.717, 1.165) is 0 Å². The molecule has 2 N–H and O–H groups in total. The van der Waals surface area contributed by atoms with E-state index in [0.29, 0.717) is 16.4 Å². The van der Waals surface area contributed by atoms with Crippen LogP contribution in [0.15, 0.2) is 42.5 Å². The van der Waals surface area contributed by atoms with Crippen molar-refractivity contribution in [2.24, 2.45) is 0 Å². The van der Waals surface area contributed by atoms with Crippen LogP contribution in [0, 0.1) is 0 Å². The number of amides is 2. The highest BCUT2D eigenvalue weighted by molar-refractivity contribution is 6.22. The first-order chi connectivity index (χ1) is 12.5. The molecule has 2 aromatic carbocycles. The number of carbonyl (C=O) groups is 3. The van der Waals surface area contributed by atoms with Crippen molar-refractivity contribution in [3.63, 3.8) is 0 Å². The molecule has 132 valence electrons. The lowest BCUT2D eigenvalue weighted by Crippen LogP contribution is -2.48.